The highest BCUT2D eigenvalue weighted by Gasteiger charge is 2.12. The Hall–Kier alpha value is -1.30. The molecule has 0 atom stereocenters. The molecule has 2 rings (SSSR count). The minimum absolute atomic E-state index is 0.372. The zero-order chi connectivity index (χ0) is 33.0. The van der Waals surface area contributed by atoms with Gasteiger partial charge in [-0.1, -0.05) is 30.3 Å². The molecule has 13 nitrogen and oxygen atoms in total. The van der Waals surface area contributed by atoms with Gasteiger partial charge >= 0.3 is 0 Å². The van der Waals surface area contributed by atoms with Crippen LogP contribution in [0.25, 0.3) is 0 Å². The van der Waals surface area contributed by atoms with Crippen LogP contribution in [0.3, 0.4) is 0 Å². The molecule has 1 fully saturated rings. The van der Waals surface area contributed by atoms with Crippen molar-refractivity contribution in [1.82, 2.24) is 5.32 Å². The van der Waals surface area contributed by atoms with Crippen LogP contribution in [0.2, 0.25) is 0 Å². The Morgan fingerprint density at radius 1 is 0.383 bits per heavy atom. The maximum absolute atomic E-state index is 5.79. The molecule has 0 radical (unpaired) electrons. The highest BCUT2D eigenvalue weighted by molar-refractivity contribution is 5.13. The number of hydrogen-bond acceptors (Lipinski definition) is 13. The van der Waals surface area contributed by atoms with Gasteiger partial charge in [-0.25, -0.2) is 0 Å². The van der Waals surface area contributed by atoms with E-state index in [0.29, 0.717) is 158 Å². The summed E-state index contributed by atoms with van der Waals surface area (Å²) >= 11 is 0. The normalized spacial score (nSPS) is 13.9. The van der Waals surface area contributed by atoms with Gasteiger partial charge in [-0.05, 0) is 31.5 Å². The summed E-state index contributed by atoms with van der Waals surface area (Å²) < 4.78 is 66.3. The van der Waals surface area contributed by atoms with Gasteiger partial charge in [0, 0.05) is 0 Å². The van der Waals surface area contributed by atoms with Gasteiger partial charge in [0.25, 0.3) is 0 Å². The SMILES string of the molecule is c1ccc(COCCOCCOCCOCCOCCOCCOCCOCCOCCOCCOCCOC2CCNCC2)cc1. The smallest absolute Gasteiger partial charge is 0.0718 e. The van der Waals surface area contributed by atoms with Gasteiger partial charge in [-0.2, -0.15) is 0 Å². The summed E-state index contributed by atoms with van der Waals surface area (Å²) in [5, 5.41) is 3.33. The zero-order valence-electron chi connectivity index (χ0n) is 28.5. The van der Waals surface area contributed by atoms with Crippen LogP contribution in [-0.2, 0) is 63.4 Å². The first-order chi connectivity index (χ1) is 23.4. The van der Waals surface area contributed by atoms with E-state index in [-0.39, 0.29) is 0 Å². The van der Waals surface area contributed by atoms with E-state index in [1.165, 1.54) is 0 Å². The Balaban J connectivity index is 1.12. The minimum Gasteiger partial charge on any atom is -0.377 e. The van der Waals surface area contributed by atoms with Crippen molar-refractivity contribution in [1.29, 1.82) is 0 Å². The van der Waals surface area contributed by atoms with E-state index in [2.05, 4.69) is 5.32 Å². The van der Waals surface area contributed by atoms with Gasteiger partial charge in [0.15, 0.2) is 0 Å². The molecule has 1 aliphatic rings. The predicted octanol–water partition coefficient (Wildman–Crippen LogP) is 2.14. The molecular weight excluding hydrogens is 614 g/mol. The van der Waals surface area contributed by atoms with Crippen molar-refractivity contribution in [2.75, 3.05) is 158 Å². The van der Waals surface area contributed by atoms with Crippen LogP contribution in [0.4, 0.5) is 0 Å². The number of rotatable bonds is 36. The van der Waals surface area contributed by atoms with Crippen LogP contribution < -0.4 is 5.32 Å². The number of benzene rings is 1. The number of ether oxygens (including phenoxy) is 12. The van der Waals surface area contributed by atoms with E-state index in [1.807, 2.05) is 30.3 Å². The molecule has 1 aromatic carbocycles. The quantitative estimate of drug-likeness (QED) is 0.105. The molecule has 0 aromatic heterocycles. The summed E-state index contributed by atoms with van der Waals surface area (Å²) in [7, 11) is 0. The van der Waals surface area contributed by atoms with E-state index >= 15 is 0 Å². The van der Waals surface area contributed by atoms with Crippen molar-refractivity contribution in [3.8, 4) is 0 Å². The Morgan fingerprint density at radius 2 is 0.681 bits per heavy atom. The van der Waals surface area contributed by atoms with Crippen molar-refractivity contribution in [2.45, 2.75) is 25.6 Å². The average Bonchev–Trinajstić information content (AvgIpc) is 3.11. The van der Waals surface area contributed by atoms with E-state index in [1.54, 1.807) is 0 Å². The summed E-state index contributed by atoms with van der Waals surface area (Å²) in [5.74, 6) is 0. The number of piperidine rings is 1. The molecule has 0 amide bonds. The number of hydrogen-bond donors (Lipinski definition) is 1. The fourth-order valence-electron chi connectivity index (χ4n) is 4.20. The standard InChI is InChI=1S/C34H61NO12/c1-2-4-33(5-3-1)32-46-29-28-44-25-24-42-21-20-40-17-16-38-13-12-36-10-11-37-14-15-39-18-19-41-22-23-43-26-27-45-30-31-47-34-6-8-35-9-7-34/h1-5,34-35H,6-32H2. The molecule has 13 heteroatoms. The van der Waals surface area contributed by atoms with Crippen LogP contribution >= 0.6 is 0 Å². The Labute approximate surface area is 282 Å². The maximum Gasteiger partial charge on any atom is 0.0718 e. The monoisotopic (exact) mass is 675 g/mol. The van der Waals surface area contributed by atoms with Crippen molar-refractivity contribution in [2.24, 2.45) is 0 Å². The largest absolute Gasteiger partial charge is 0.377 e. The molecule has 0 saturated carbocycles. The molecule has 1 N–H and O–H groups in total. The second-order valence-electron chi connectivity index (χ2n) is 10.5. The minimum atomic E-state index is 0.372. The van der Waals surface area contributed by atoms with E-state index in [4.69, 9.17) is 56.8 Å². The molecule has 274 valence electrons. The molecule has 0 aliphatic carbocycles. The summed E-state index contributed by atoms with van der Waals surface area (Å²) in [6.07, 6.45) is 2.53. The van der Waals surface area contributed by atoms with Crippen LogP contribution in [0, 0.1) is 0 Å². The molecule has 1 saturated heterocycles. The zero-order valence-corrected chi connectivity index (χ0v) is 28.5. The third-order valence-corrected chi connectivity index (χ3v) is 6.70. The molecule has 0 spiro atoms. The first-order valence-corrected chi connectivity index (χ1v) is 17.2. The first-order valence-electron chi connectivity index (χ1n) is 17.2. The van der Waals surface area contributed by atoms with Crippen molar-refractivity contribution < 1.29 is 56.8 Å². The molecule has 47 heavy (non-hydrogen) atoms. The Bertz CT molecular complexity index is 745. The summed E-state index contributed by atoms with van der Waals surface area (Å²) in [6.45, 7) is 14.5. The van der Waals surface area contributed by atoms with Gasteiger partial charge in [-0.3, -0.25) is 0 Å². The predicted molar refractivity (Wildman–Crippen MR) is 176 cm³/mol. The fourth-order valence-corrected chi connectivity index (χ4v) is 4.20. The highest BCUT2D eigenvalue weighted by Crippen LogP contribution is 2.06. The molecular formula is C34H61NO12. The third kappa shape index (κ3) is 29.3. The third-order valence-electron chi connectivity index (χ3n) is 6.70. The van der Waals surface area contributed by atoms with E-state index in [0.717, 1.165) is 31.5 Å². The topological polar surface area (TPSA) is 123 Å². The molecule has 1 heterocycles. The van der Waals surface area contributed by atoms with Gasteiger partial charge in [0.2, 0.25) is 0 Å². The summed E-state index contributed by atoms with van der Waals surface area (Å²) in [4.78, 5) is 0. The lowest BCUT2D eigenvalue weighted by Gasteiger charge is -2.22. The van der Waals surface area contributed by atoms with Crippen LogP contribution in [0.5, 0.6) is 0 Å². The lowest BCUT2D eigenvalue weighted by molar-refractivity contribution is -0.0326. The summed E-state index contributed by atoms with van der Waals surface area (Å²) in [6, 6.07) is 10.1. The van der Waals surface area contributed by atoms with Crippen LogP contribution in [-0.4, -0.2) is 165 Å². The van der Waals surface area contributed by atoms with Gasteiger partial charge in [0.05, 0.1) is 158 Å². The summed E-state index contributed by atoms with van der Waals surface area (Å²) in [5.41, 5.74) is 1.16. The molecule has 0 unspecified atom stereocenters. The highest BCUT2D eigenvalue weighted by atomic mass is 16.6. The van der Waals surface area contributed by atoms with Gasteiger partial charge < -0.3 is 62.2 Å². The lowest BCUT2D eigenvalue weighted by Crippen LogP contribution is -2.33. The van der Waals surface area contributed by atoms with Gasteiger partial charge in [-0.15, -0.1) is 0 Å². The molecule has 0 bridgehead atoms. The van der Waals surface area contributed by atoms with Crippen molar-refractivity contribution in [3.63, 3.8) is 0 Å². The van der Waals surface area contributed by atoms with E-state index in [9.17, 15) is 0 Å². The Kier molecular flexibility index (Phi) is 30.8. The molecule has 1 aliphatic heterocycles. The number of nitrogens with one attached hydrogen (secondary N) is 1. The maximum atomic E-state index is 5.79. The second kappa shape index (κ2) is 34.6. The van der Waals surface area contributed by atoms with Crippen molar-refractivity contribution in [3.05, 3.63) is 35.9 Å². The first kappa shape index (κ1) is 41.9. The second-order valence-corrected chi connectivity index (χ2v) is 10.5. The van der Waals surface area contributed by atoms with Gasteiger partial charge in [0.1, 0.15) is 0 Å². The Morgan fingerprint density at radius 3 is 1.02 bits per heavy atom. The van der Waals surface area contributed by atoms with Crippen LogP contribution in [0.15, 0.2) is 30.3 Å². The molecule has 1 aromatic rings. The van der Waals surface area contributed by atoms with E-state index < -0.39 is 0 Å². The fraction of sp³-hybridized carbons (Fsp3) is 0.824. The average molecular weight is 676 g/mol. The van der Waals surface area contributed by atoms with Crippen molar-refractivity contribution >= 4 is 0 Å². The lowest BCUT2D eigenvalue weighted by atomic mass is 10.1. The van der Waals surface area contributed by atoms with Crippen LogP contribution in [0.1, 0.15) is 18.4 Å².